The summed E-state index contributed by atoms with van der Waals surface area (Å²) in [6, 6.07) is 0. The first kappa shape index (κ1) is 19.8. The Labute approximate surface area is 188 Å². The lowest BCUT2D eigenvalue weighted by molar-refractivity contribution is 0.0582. The second-order valence-electron chi connectivity index (χ2n) is 9.52. The Morgan fingerprint density at radius 1 is 1.16 bits per heavy atom. The topological polar surface area (TPSA) is 95.3 Å². The van der Waals surface area contributed by atoms with Gasteiger partial charge in [-0.3, -0.25) is 4.21 Å². The van der Waals surface area contributed by atoms with Crippen LogP contribution in [0.4, 0.5) is 11.8 Å². The molecular weight excluding hydrogens is 436 g/mol. The Kier molecular flexibility index (Phi) is 4.53. The van der Waals surface area contributed by atoms with Crippen molar-refractivity contribution in [3.63, 3.8) is 0 Å². The third-order valence-electron chi connectivity index (χ3n) is 7.58. The standard InChI is InChI=1S/C21H25ClN6O2S/c22-15-8-23-17(24-9-15)14-6-20(7-14)11-27(12-20)19-25-10-16-18(26-19)28(4-5-31(16)30)21(13-29)2-1-3-21/h8-10,14,29H,1-7,11-13H2/t31-/m1/s1. The number of aliphatic hydroxyl groups is 1. The monoisotopic (exact) mass is 460 g/mol. The summed E-state index contributed by atoms with van der Waals surface area (Å²) in [6.45, 7) is 2.62. The Morgan fingerprint density at radius 3 is 2.55 bits per heavy atom. The molecule has 4 heterocycles. The van der Waals surface area contributed by atoms with Gasteiger partial charge in [0, 0.05) is 49.1 Å². The number of anilines is 2. The first-order valence-corrected chi connectivity index (χ1v) is 12.6. The normalized spacial score (nSPS) is 26.1. The maximum Gasteiger partial charge on any atom is 0.227 e. The second kappa shape index (κ2) is 7.08. The molecule has 1 saturated heterocycles. The highest BCUT2D eigenvalue weighted by atomic mass is 35.5. The van der Waals surface area contributed by atoms with E-state index < -0.39 is 10.8 Å². The van der Waals surface area contributed by atoms with Gasteiger partial charge in [-0.2, -0.15) is 4.98 Å². The van der Waals surface area contributed by atoms with E-state index in [4.69, 9.17) is 16.6 Å². The van der Waals surface area contributed by atoms with E-state index in [-0.39, 0.29) is 17.6 Å². The predicted molar refractivity (Wildman–Crippen MR) is 118 cm³/mol. The number of halogens is 1. The SMILES string of the molecule is O=[S@@]1CCN(C2(CO)CCC2)c2nc(N3CC4(CC(c5ncc(Cl)cn5)C4)C3)ncc21. The van der Waals surface area contributed by atoms with Crippen molar-refractivity contribution in [2.24, 2.45) is 5.41 Å². The van der Waals surface area contributed by atoms with Crippen LogP contribution in [0, 0.1) is 5.41 Å². The first-order valence-electron chi connectivity index (χ1n) is 10.9. The van der Waals surface area contributed by atoms with Gasteiger partial charge in [0.05, 0.1) is 39.1 Å². The molecular formula is C21H25ClN6O2S. The number of aliphatic hydroxyl groups excluding tert-OH is 1. The molecule has 0 amide bonds. The van der Waals surface area contributed by atoms with Crippen LogP contribution >= 0.6 is 11.6 Å². The number of rotatable bonds is 4. The number of hydrogen-bond donors (Lipinski definition) is 1. The van der Waals surface area contributed by atoms with Gasteiger partial charge in [0.15, 0.2) is 5.82 Å². The molecule has 1 spiro atoms. The molecule has 0 radical (unpaired) electrons. The van der Waals surface area contributed by atoms with Crippen molar-refractivity contribution in [3.05, 3.63) is 29.4 Å². The van der Waals surface area contributed by atoms with E-state index in [0.29, 0.717) is 34.1 Å². The van der Waals surface area contributed by atoms with E-state index in [1.54, 1.807) is 18.6 Å². The molecule has 164 valence electrons. The molecule has 6 rings (SSSR count). The summed E-state index contributed by atoms with van der Waals surface area (Å²) >= 11 is 5.90. The minimum Gasteiger partial charge on any atom is -0.394 e. The molecule has 8 nitrogen and oxygen atoms in total. The van der Waals surface area contributed by atoms with Crippen molar-refractivity contribution in [3.8, 4) is 0 Å². The lowest BCUT2D eigenvalue weighted by Crippen LogP contribution is -2.62. The van der Waals surface area contributed by atoms with Crippen molar-refractivity contribution in [1.29, 1.82) is 0 Å². The summed E-state index contributed by atoms with van der Waals surface area (Å²) in [5.74, 6) is 3.30. The van der Waals surface area contributed by atoms with Crippen LogP contribution in [0.5, 0.6) is 0 Å². The van der Waals surface area contributed by atoms with Gasteiger partial charge in [0.25, 0.3) is 0 Å². The average Bonchev–Trinajstić information content (AvgIpc) is 2.68. The zero-order chi connectivity index (χ0) is 21.2. The molecule has 3 fully saturated rings. The summed E-state index contributed by atoms with van der Waals surface area (Å²) < 4.78 is 12.6. The van der Waals surface area contributed by atoms with Crippen molar-refractivity contribution in [2.45, 2.75) is 48.5 Å². The Hall–Kier alpha value is -1.84. The van der Waals surface area contributed by atoms with Crippen LogP contribution in [0.1, 0.15) is 43.8 Å². The van der Waals surface area contributed by atoms with Gasteiger partial charge in [0.2, 0.25) is 5.95 Å². The van der Waals surface area contributed by atoms with Crippen molar-refractivity contribution in [2.75, 3.05) is 41.8 Å². The van der Waals surface area contributed by atoms with Crippen LogP contribution in [0.25, 0.3) is 0 Å². The van der Waals surface area contributed by atoms with E-state index in [9.17, 15) is 9.32 Å². The maximum absolute atomic E-state index is 12.6. The lowest BCUT2D eigenvalue weighted by Gasteiger charge is -2.58. The molecule has 2 aliphatic carbocycles. The molecule has 10 heteroatoms. The Morgan fingerprint density at radius 2 is 1.90 bits per heavy atom. The van der Waals surface area contributed by atoms with Gasteiger partial charge >= 0.3 is 0 Å². The number of nitrogens with zero attached hydrogens (tertiary/aromatic N) is 6. The van der Waals surface area contributed by atoms with E-state index in [2.05, 4.69) is 24.8 Å². The van der Waals surface area contributed by atoms with E-state index in [0.717, 1.165) is 56.8 Å². The average molecular weight is 461 g/mol. The molecule has 4 aliphatic rings. The zero-order valence-electron chi connectivity index (χ0n) is 17.2. The molecule has 2 saturated carbocycles. The highest BCUT2D eigenvalue weighted by Gasteiger charge is 2.54. The molecule has 1 atom stereocenters. The van der Waals surface area contributed by atoms with Crippen LogP contribution in [0.3, 0.4) is 0 Å². The van der Waals surface area contributed by atoms with Gasteiger partial charge in [-0.05, 0) is 32.1 Å². The van der Waals surface area contributed by atoms with Crippen LogP contribution in [-0.4, -0.2) is 66.8 Å². The minimum atomic E-state index is -1.08. The smallest absolute Gasteiger partial charge is 0.227 e. The molecule has 31 heavy (non-hydrogen) atoms. The van der Waals surface area contributed by atoms with Crippen LogP contribution in [-0.2, 0) is 10.8 Å². The molecule has 0 bridgehead atoms. The largest absolute Gasteiger partial charge is 0.394 e. The molecule has 2 aromatic rings. The molecule has 2 aliphatic heterocycles. The summed E-state index contributed by atoms with van der Waals surface area (Å²) in [6.07, 6.45) is 10.2. The van der Waals surface area contributed by atoms with Crippen LogP contribution in [0.2, 0.25) is 5.02 Å². The Balaban J connectivity index is 1.18. The molecule has 1 N–H and O–H groups in total. The first-order chi connectivity index (χ1) is 15.0. The lowest BCUT2D eigenvalue weighted by atomic mass is 9.57. The summed E-state index contributed by atoms with van der Waals surface area (Å²) in [4.78, 5) is 23.3. The summed E-state index contributed by atoms with van der Waals surface area (Å²) in [7, 11) is -1.08. The quantitative estimate of drug-likeness (QED) is 0.741. The minimum absolute atomic E-state index is 0.111. The molecule has 0 aromatic carbocycles. The molecule has 2 aromatic heterocycles. The van der Waals surface area contributed by atoms with Gasteiger partial charge in [0.1, 0.15) is 5.82 Å². The second-order valence-corrected chi connectivity index (χ2v) is 11.5. The third-order valence-corrected chi connectivity index (χ3v) is 9.10. The van der Waals surface area contributed by atoms with E-state index >= 15 is 0 Å². The van der Waals surface area contributed by atoms with Crippen molar-refractivity contribution >= 4 is 34.2 Å². The van der Waals surface area contributed by atoms with E-state index in [1.165, 1.54) is 0 Å². The Bertz CT molecular complexity index is 1030. The maximum atomic E-state index is 12.6. The number of hydrogen-bond acceptors (Lipinski definition) is 8. The van der Waals surface area contributed by atoms with Crippen molar-refractivity contribution < 1.29 is 9.32 Å². The number of fused-ring (bicyclic) bond motifs is 1. The van der Waals surface area contributed by atoms with Gasteiger partial charge in [-0.1, -0.05) is 11.6 Å². The molecule has 0 unspecified atom stereocenters. The summed E-state index contributed by atoms with van der Waals surface area (Å²) in [5.41, 5.74) is 0.0384. The van der Waals surface area contributed by atoms with E-state index in [1.807, 2.05) is 0 Å². The fourth-order valence-corrected chi connectivity index (χ4v) is 6.87. The summed E-state index contributed by atoms with van der Waals surface area (Å²) in [5, 5.41) is 10.6. The fraction of sp³-hybridized carbons (Fsp3) is 0.619. The zero-order valence-corrected chi connectivity index (χ0v) is 18.8. The van der Waals surface area contributed by atoms with Crippen molar-refractivity contribution in [1.82, 2.24) is 19.9 Å². The highest BCUT2D eigenvalue weighted by Crippen LogP contribution is 2.56. The third kappa shape index (κ3) is 3.08. The van der Waals surface area contributed by atoms with Crippen LogP contribution < -0.4 is 9.80 Å². The fourth-order valence-electron chi connectivity index (χ4n) is 5.67. The predicted octanol–water partition coefficient (Wildman–Crippen LogP) is 2.15. The van der Waals surface area contributed by atoms with Gasteiger partial charge < -0.3 is 14.9 Å². The van der Waals surface area contributed by atoms with Gasteiger partial charge in [-0.15, -0.1) is 0 Å². The van der Waals surface area contributed by atoms with Gasteiger partial charge in [-0.25, -0.2) is 15.0 Å². The van der Waals surface area contributed by atoms with Crippen LogP contribution in [0.15, 0.2) is 23.5 Å². The number of aromatic nitrogens is 4. The highest BCUT2D eigenvalue weighted by molar-refractivity contribution is 7.85.